The Balaban J connectivity index is 1.58. The van der Waals surface area contributed by atoms with E-state index < -0.39 is 61.4 Å². The minimum Gasteiger partial charge on any atom is -0.468 e. The van der Waals surface area contributed by atoms with Crippen LogP contribution in [-0.2, 0) is 29.1 Å². The molecule has 14 heteroatoms. The Kier molecular flexibility index (Phi) is 7.86. The maximum absolute atomic E-state index is 13.9. The first-order valence-electron chi connectivity index (χ1n) is 11.6. The number of hydrogen-bond donors (Lipinski definition) is 3. The van der Waals surface area contributed by atoms with Crippen LogP contribution in [0.1, 0.15) is 20.3 Å². The van der Waals surface area contributed by atoms with Crippen molar-refractivity contribution in [3.8, 4) is 5.75 Å². The number of esters is 1. The molecule has 4 rings (SSSR count). The number of benzene rings is 2. The Morgan fingerprint density at radius 3 is 2.76 bits per heavy atom. The smallest absolute Gasteiger partial charge is 0.459 e. The first kappa shape index (κ1) is 27.7. The lowest BCUT2D eigenvalue weighted by Gasteiger charge is -2.27. The van der Waals surface area contributed by atoms with Gasteiger partial charge in [-0.25, -0.2) is 9.36 Å². The first-order chi connectivity index (χ1) is 17.9. The number of ether oxygens (including phenoxy) is 2. The highest BCUT2D eigenvalue weighted by Crippen LogP contribution is 2.48. The van der Waals surface area contributed by atoms with Gasteiger partial charge in [-0.15, -0.1) is 0 Å². The first-order valence-corrected chi connectivity index (χ1v) is 13.1. The number of methoxy groups -OCH3 is 1. The summed E-state index contributed by atoms with van der Waals surface area (Å²) in [6.45, 7) is 2.32. The topological polar surface area (TPSA) is 158 Å². The number of aromatic nitrogens is 2. The van der Waals surface area contributed by atoms with Gasteiger partial charge in [-0.2, -0.15) is 9.48 Å². The predicted octanol–water partition coefficient (Wildman–Crippen LogP) is 2.01. The molecular weight excluding hydrogens is 524 g/mol. The molecule has 0 radical (unpaired) electrons. The van der Waals surface area contributed by atoms with Gasteiger partial charge < -0.3 is 19.1 Å². The highest BCUT2D eigenvalue weighted by Gasteiger charge is 2.46. The minimum absolute atomic E-state index is 0.174. The molecule has 2 aromatic carbocycles. The van der Waals surface area contributed by atoms with Gasteiger partial charge in [0.25, 0.3) is 5.56 Å². The van der Waals surface area contributed by atoms with Gasteiger partial charge in [-0.05, 0) is 25.3 Å². The van der Waals surface area contributed by atoms with Gasteiger partial charge in [0, 0.05) is 11.8 Å². The molecule has 38 heavy (non-hydrogen) atoms. The molecule has 0 bridgehead atoms. The van der Waals surface area contributed by atoms with Crippen LogP contribution in [0.4, 0.5) is 4.39 Å². The fraction of sp³-hybridized carbons (Fsp3) is 0.375. The molecule has 1 fully saturated rings. The number of aliphatic hydroxyl groups is 1. The zero-order valence-electron chi connectivity index (χ0n) is 20.8. The van der Waals surface area contributed by atoms with Gasteiger partial charge in [-0.3, -0.25) is 23.7 Å². The van der Waals surface area contributed by atoms with Gasteiger partial charge in [-0.1, -0.05) is 36.4 Å². The van der Waals surface area contributed by atoms with Crippen LogP contribution in [-0.4, -0.2) is 52.6 Å². The van der Waals surface area contributed by atoms with Gasteiger partial charge in [0.2, 0.25) is 5.82 Å². The number of nitrogens with one attached hydrogen (secondary N) is 2. The molecule has 0 spiro atoms. The summed E-state index contributed by atoms with van der Waals surface area (Å²) in [5.41, 5.74) is -3.68. The van der Waals surface area contributed by atoms with E-state index in [4.69, 9.17) is 18.5 Å². The molecule has 1 saturated heterocycles. The molecule has 0 amide bonds. The molecule has 5 atom stereocenters. The molecular formula is C24H27FN3O9P. The summed E-state index contributed by atoms with van der Waals surface area (Å²) < 4.78 is 50.4. The quantitative estimate of drug-likeness (QED) is 0.265. The Morgan fingerprint density at radius 1 is 1.32 bits per heavy atom. The van der Waals surface area contributed by atoms with Crippen LogP contribution in [0.15, 0.2) is 58.3 Å². The van der Waals surface area contributed by atoms with Crippen molar-refractivity contribution in [2.45, 2.75) is 44.2 Å². The van der Waals surface area contributed by atoms with E-state index in [0.717, 1.165) is 9.95 Å². The summed E-state index contributed by atoms with van der Waals surface area (Å²) in [5.74, 6) is -1.72. The molecule has 1 aliphatic heterocycles. The average molecular weight is 551 g/mol. The Labute approximate surface area is 215 Å². The summed E-state index contributed by atoms with van der Waals surface area (Å²) in [5, 5.41) is 14.6. The molecule has 1 aromatic heterocycles. The van der Waals surface area contributed by atoms with Crippen molar-refractivity contribution in [2.24, 2.45) is 0 Å². The summed E-state index contributed by atoms with van der Waals surface area (Å²) in [7, 11) is -3.13. The van der Waals surface area contributed by atoms with Crippen LogP contribution in [0.3, 0.4) is 0 Å². The van der Waals surface area contributed by atoms with Crippen molar-refractivity contribution in [3.63, 3.8) is 0 Å². The van der Waals surface area contributed by atoms with Crippen molar-refractivity contribution in [1.29, 1.82) is 0 Å². The van der Waals surface area contributed by atoms with Crippen molar-refractivity contribution >= 4 is 24.5 Å². The van der Waals surface area contributed by atoms with Crippen LogP contribution < -0.4 is 20.9 Å². The number of H-pyrrole nitrogens is 1. The van der Waals surface area contributed by atoms with Crippen LogP contribution in [0.25, 0.3) is 10.8 Å². The molecule has 1 aliphatic rings. The molecule has 3 aromatic rings. The summed E-state index contributed by atoms with van der Waals surface area (Å²) in [6.07, 6.45) is -1.86. The fourth-order valence-electron chi connectivity index (χ4n) is 4.20. The SMILES string of the molecule is COC(=O)[C@H](C)NP(=O)(OC[C@H]1O[C@@](C)(n2cc(F)c(=O)[nH]c2=O)CC1O)Oc1cccc2ccccc12. The lowest BCUT2D eigenvalue weighted by Crippen LogP contribution is -2.43. The average Bonchev–Trinajstić information content (AvgIpc) is 3.18. The third-order valence-corrected chi connectivity index (χ3v) is 7.74. The molecule has 12 nitrogen and oxygen atoms in total. The third-order valence-electron chi connectivity index (χ3n) is 6.11. The number of carbonyl (C=O) groups is 1. The van der Waals surface area contributed by atoms with E-state index in [-0.39, 0.29) is 12.2 Å². The van der Waals surface area contributed by atoms with E-state index in [1.807, 2.05) is 23.2 Å². The molecule has 2 heterocycles. The van der Waals surface area contributed by atoms with E-state index in [9.17, 15) is 28.4 Å². The Bertz CT molecular complexity index is 1500. The van der Waals surface area contributed by atoms with E-state index in [1.54, 1.807) is 24.3 Å². The maximum Gasteiger partial charge on any atom is 0.459 e. The predicted molar refractivity (Wildman–Crippen MR) is 133 cm³/mol. The van der Waals surface area contributed by atoms with Gasteiger partial charge >= 0.3 is 19.4 Å². The molecule has 0 saturated carbocycles. The minimum atomic E-state index is -4.30. The summed E-state index contributed by atoms with van der Waals surface area (Å²) >= 11 is 0. The van der Waals surface area contributed by atoms with E-state index in [0.29, 0.717) is 11.6 Å². The molecule has 2 unspecified atom stereocenters. The third kappa shape index (κ3) is 5.71. The van der Waals surface area contributed by atoms with Crippen LogP contribution >= 0.6 is 7.75 Å². The Morgan fingerprint density at radius 2 is 2.03 bits per heavy atom. The number of rotatable bonds is 9. The summed E-state index contributed by atoms with van der Waals surface area (Å²) in [6, 6.07) is 11.2. The highest BCUT2D eigenvalue weighted by molar-refractivity contribution is 7.52. The molecule has 0 aliphatic carbocycles. The van der Waals surface area contributed by atoms with Gasteiger partial charge in [0.15, 0.2) is 0 Å². The number of halogens is 1. The molecule has 204 valence electrons. The van der Waals surface area contributed by atoms with E-state index in [1.165, 1.54) is 21.0 Å². The molecule has 3 N–H and O–H groups in total. The monoisotopic (exact) mass is 551 g/mol. The zero-order valence-corrected chi connectivity index (χ0v) is 21.6. The van der Waals surface area contributed by atoms with Crippen molar-refractivity contribution in [1.82, 2.24) is 14.6 Å². The number of hydrogen-bond acceptors (Lipinski definition) is 9. The van der Waals surface area contributed by atoms with Crippen molar-refractivity contribution < 1.29 is 37.4 Å². The van der Waals surface area contributed by atoms with Crippen molar-refractivity contribution in [2.75, 3.05) is 13.7 Å². The maximum atomic E-state index is 13.9. The van der Waals surface area contributed by atoms with E-state index >= 15 is 0 Å². The standard InChI is InChI=1S/C24H27FN3O9P/c1-14(22(31)34-3)27-38(33,37-19-10-6-8-15-7-4-5-9-16(15)19)35-13-20-18(29)11-24(2,36-20)28-12-17(25)21(30)26-23(28)32/h4-10,12,14,18,20,29H,11,13H2,1-3H3,(H,27,33)(H,26,30,32)/t14-,18?,20+,24+,38?/m0/s1. The lowest BCUT2D eigenvalue weighted by molar-refractivity contribution is -0.142. The van der Waals surface area contributed by atoms with E-state index in [2.05, 4.69) is 5.09 Å². The number of aromatic amines is 1. The number of aliphatic hydroxyl groups excluding tert-OH is 1. The largest absolute Gasteiger partial charge is 0.468 e. The van der Waals surface area contributed by atoms with Crippen molar-refractivity contribution in [3.05, 3.63) is 75.3 Å². The second kappa shape index (κ2) is 10.8. The van der Waals surface area contributed by atoms with Gasteiger partial charge in [0.1, 0.15) is 23.6 Å². The van der Waals surface area contributed by atoms with Gasteiger partial charge in [0.05, 0.1) is 26.0 Å². The second-order valence-electron chi connectivity index (χ2n) is 8.94. The zero-order chi connectivity index (χ0) is 27.7. The van der Waals surface area contributed by atoms with Crippen LogP contribution in [0.2, 0.25) is 0 Å². The van der Waals surface area contributed by atoms with Crippen LogP contribution in [0, 0.1) is 5.82 Å². The second-order valence-corrected chi connectivity index (χ2v) is 10.6. The lowest BCUT2D eigenvalue weighted by atomic mass is 10.1. The number of nitrogens with zero attached hydrogens (tertiary/aromatic N) is 1. The van der Waals surface area contributed by atoms with Crippen LogP contribution in [0.5, 0.6) is 5.75 Å². The fourth-order valence-corrected chi connectivity index (χ4v) is 5.73. The summed E-state index contributed by atoms with van der Waals surface area (Å²) in [4.78, 5) is 37.5. The Hall–Kier alpha value is -3.35. The highest BCUT2D eigenvalue weighted by atomic mass is 31.2. The number of carbonyl (C=O) groups excluding carboxylic acids is 1. The normalized spacial score (nSPS) is 23.6. The number of fused-ring (bicyclic) bond motifs is 1.